The molecule has 2 aromatic heterocycles. The Bertz CT molecular complexity index is 1740. The number of ketones is 1. The highest BCUT2D eigenvalue weighted by atomic mass is 79.9. The summed E-state index contributed by atoms with van der Waals surface area (Å²) in [6.45, 7) is -0.201. The minimum atomic E-state index is -1.30. The molecule has 4 bridgehead atoms. The van der Waals surface area contributed by atoms with Gasteiger partial charge in [0.25, 0.3) is 17.4 Å². The molecular weight excluding hydrogens is 658 g/mol. The van der Waals surface area contributed by atoms with Gasteiger partial charge in [-0.05, 0) is 92.5 Å². The monoisotopic (exact) mass is 693 g/mol. The molecule has 0 radical (unpaired) electrons. The second kappa shape index (κ2) is 13.2. The molecule has 12 nitrogen and oxygen atoms in total. The second-order valence-corrected chi connectivity index (χ2v) is 13.6. The molecule has 0 aliphatic heterocycles. The van der Waals surface area contributed by atoms with Crippen molar-refractivity contribution in [2.75, 3.05) is 12.4 Å². The first kappa shape index (κ1) is 31.7. The number of halogens is 1. The maximum Gasteiger partial charge on any atom is 0.287 e. The van der Waals surface area contributed by atoms with Crippen molar-refractivity contribution < 1.29 is 28.4 Å². The third kappa shape index (κ3) is 6.64. The van der Waals surface area contributed by atoms with Crippen molar-refractivity contribution in [1.29, 1.82) is 0 Å². The molecule has 4 aliphatic carbocycles. The molecule has 4 fully saturated rings. The van der Waals surface area contributed by atoms with E-state index in [9.17, 15) is 28.8 Å². The Balaban J connectivity index is 1.14. The van der Waals surface area contributed by atoms with Crippen LogP contribution in [0.15, 0.2) is 56.3 Å². The van der Waals surface area contributed by atoms with Crippen LogP contribution in [0, 0.1) is 23.7 Å². The summed E-state index contributed by atoms with van der Waals surface area (Å²) in [6.07, 6.45) is 6.85. The summed E-state index contributed by atoms with van der Waals surface area (Å²) in [5.74, 6) is -0.879. The first-order chi connectivity index (χ1) is 22.1. The zero-order chi connectivity index (χ0) is 32.5. The molecule has 13 heteroatoms. The van der Waals surface area contributed by atoms with E-state index >= 15 is 0 Å². The number of rotatable bonds is 11. The maximum atomic E-state index is 13.4. The Kier molecular flexibility index (Phi) is 9.12. The van der Waals surface area contributed by atoms with Crippen LogP contribution in [0.5, 0.6) is 0 Å². The van der Waals surface area contributed by atoms with Crippen LogP contribution in [0.1, 0.15) is 55.5 Å². The van der Waals surface area contributed by atoms with Crippen molar-refractivity contribution in [3.8, 4) is 0 Å². The molecule has 4 aliphatic rings. The van der Waals surface area contributed by atoms with E-state index in [4.69, 9.17) is 4.42 Å². The van der Waals surface area contributed by atoms with Gasteiger partial charge in [0.2, 0.25) is 17.6 Å². The number of amides is 4. The quantitative estimate of drug-likeness (QED) is 0.224. The van der Waals surface area contributed by atoms with E-state index in [0.717, 1.165) is 37.5 Å². The van der Waals surface area contributed by atoms with Crippen LogP contribution in [0.3, 0.4) is 0 Å². The van der Waals surface area contributed by atoms with E-state index in [1.165, 1.54) is 36.4 Å². The summed E-state index contributed by atoms with van der Waals surface area (Å²) in [6, 6.07) is 8.52. The van der Waals surface area contributed by atoms with E-state index in [0.29, 0.717) is 27.3 Å². The van der Waals surface area contributed by atoms with Crippen molar-refractivity contribution in [3.63, 3.8) is 0 Å². The Morgan fingerprint density at radius 1 is 1.00 bits per heavy atom. The standard InChI is InChI=1S/C33H36BrN5O7/c1-35-31(43)25(40)8-7-23(36-32(44)27-15-21-22(34)4-2-6-26(21)46-27)30(42)37-24-5-3-9-39(33(24)45)16-28(41)38-29-19-11-17-10-18(13-19)14-20(29)12-17/h2-6,9,15,17-20,23,29H,7-8,10-14,16H2,1H3,(H,35,43)(H,36,44)(H,37,42)(H,38,41)/t17?,18?,19?,20?,23-,29?/m0/s1. The maximum absolute atomic E-state index is 13.4. The molecule has 1 atom stereocenters. The number of Topliss-reactive ketones (excluding diaryl/α,β-unsaturated/α-hetero) is 1. The fourth-order valence-electron chi connectivity index (χ4n) is 7.69. The molecule has 46 heavy (non-hydrogen) atoms. The van der Waals surface area contributed by atoms with E-state index in [2.05, 4.69) is 37.2 Å². The zero-order valence-corrected chi connectivity index (χ0v) is 26.9. The van der Waals surface area contributed by atoms with Gasteiger partial charge < -0.3 is 30.3 Å². The number of aromatic nitrogens is 1. The number of hydrogen-bond acceptors (Lipinski definition) is 7. The van der Waals surface area contributed by atoms with Crippen LogP contribution in [0.25, 0.3) is 11.0 Å². The van der Waals surface area contributed by atoms with Crippen LogP contribution in [-0.4, -0.2) is 53.1 Å². The average molecular weight is 695 g/mol. The number of nitrogens with zero attached hydrogens (tertiary/aromatic N) is 1. The number of nitrogens with one attached hydrogen (secondary N) is 4. The normalized spacial score (nSPS) is 23.5. The molecule has 4 N–H and O–H groups in total. The van der Waals surface area contributed by atoms with Crippen LogP contribution in [0.4, 0.5) is 5.69 Å². The van der Waals surface area contributed by atoms with E-state index < -0.39 is 35.1 Å². The van der Waals surface area contributed by atoms with Crippen LogP contribution >= 0.6 is 15.9 Å². The Morgan fingerprint density at radius 2 is 1.72 bits per heavy atom. The van der Waals surface area contributed by atoms with Crippen molar-refractivity contribution in [3.05, 3.63) is 63.2 Å². The van der Waals surface area contributed by atoms with Crippen LogP contribution in [0.2, 0.25) is 0 Å². The Morgan fingerprint density at radius 3 is 2.39 bits per heavy atom. The third-order valence-electron chi connectivity index (χ3n) is 9.64. The highest BCUT2D eigenvalue weighted by Crippen LogP contribution is 2.53. The molecule has 7 rings (SSSR count). The predicted octanol–water partition coefficient (Wildman–Crippen LogP) is 3.13. The highest BCUT2D eigenvalue weighted by molar-refractivity contribution is 9.10. The first-order valence-corrected chi connectivity index (χ1v) is 16.4. The summed E-state index contributed by atoms with van der Waals surface area (Å²) in [4.78, 5) is 77.0. The smallest absolute Gasteiger partial charge is 0.287 e. The van der Waals surface area contributed by atoms with Gasteiger partial charge in [-0.3, -0.25) is 28.8 Å². The van der Waals surface area contributed by atoms with Crippen molar-refractivity contribution >= 4 is 62.0 Å². The third-order valence-corrected chi connectivity index (χ3v) is 10.3. The Labute approximate surface area is 273 Å². The number of fused-ring (bicyclic) bond motifs is 1. The molecule has 1 aromatic carbocycles. The molecule has 4 amide bonds. The minimum Gasteiger partial charge on any atom is -0.451 e. The topological polar surface area (TPSA) is 169 Å². The van der Waals surface area contributed by atoms with E-state index in [1.54, 1.807) is 24.3 Å². The van der Waals surface area contributed by atoms with Gasteiger partial charge in [0, 0.05) is 35.6 Å². The van der Waals surface area contributed by atoms with E-state index in [-0.39, 0.29) is 42.8 Å². The van der Waals surface area contributed by atoms with Gasteiger partial charge in [-0.25, -0.2) is 0 Å². The zero-order valence-electron chi connectivity index (χ0n) is 25.3. The molecular formula is C33H36BrN5O7. The number of carbonyl (C=O) groups is 5. The molecule has 4 saturated carbocycles. The second-order valence-electron chi connectivity index (χ2n) is 12.7. The number of benzene rings is 1. The molecule has 0 spiro atoms. The number of furan rings is 1. The van der Waals surface area contributed by atoms with E-state index in [1.807, 2.05) is 0 Å². The summed E-state index contributed by atoms with van der Waals surface area (Å²) in [5.41, 5.74) is -0.239. The van der Waals surface area contributed by atoms with Gasteiger partial charge in [0.1, 0.15) is 23.9 Å². The lowest BCUT2D eigenvalue weighted by atomic mass is 9.54. The average Bonchev–Trinajstić information content (AvgIpc) is 3.48. The highest BCUT2D eigenvalue weighted by Gasteiger charge is 2.48. The number of pyridine rings is 1. The number of anilines is 1. The summed E-state index contributed by atoms with van der Waals surface area (Å²) in [5, 5.41) is 11.2. The van der Waals surface area contributed by atoms with Gasteiger partial charge in [-0.2, -0.15) is 0 Å². The molecule has 3 aromatic rings. The van der Waals surface area contributed by atoms with Crippen molar-refractivity contribution in [1.82, 2.24) is 20.5 Å². The summed E-state index contributed by atoms with van der Waals surface area (Å²) in [7, 11) is 1.32. The molecule has 0 saturated heterocycles. The molecule has 0 unspecified atom stereocenters. The van der Waals surface area contributed by atoms with Gasteiger partial charge >= 0.3 is 0 Å². The summed E-state index contributed by atoms with van der Waals surface area (Å²) >= 11 is 3.41. The van der Waals surface area contributed by atoms with Crippen LogP contribution in [-0.2, 0) is 25.7 Å². The fourth-order valence-corrected chi connectivity index (χ4v) is 8.15. The number of hydrogen-bond donors (Lipinski definition) is 4. The van der Waals surface area contributed by atoms with Gasteiger partial charge in [0.15, 0.2) is 5.76 Å². The number of likely N-dealkylation sites (N-methyl/N-ethyl adjacent to an activating group) is 1. The Hall–Kier alpha value is -4.26. The summed E-state index contributed by atoms with van der Waals surface area (Å²) < 4.78 is 7.60. The van der Waals surface area contributed by atoms with Crippen LogP contribution < -0.4 is 26.8 Å². The minimum absolute atomic E-state index is 0.0652. The van der Waals surface area contributed by atoms with Gasteiger partial charge in [-0.15, -0.1) is 0 Å². The lowest BCUT2D eigenvalue weighted by molar-refractivity contribution is -0.137. The largest absolute Gasteiger partial charge is 0.451 e. The first-order valence-electron chi connectivity index (χ1n) is 15.6. The number of carbonyl (C=O) groups excluding carboxylic acids is 5. The lowest BCUT2D eigenvalue weighted by Gasteiger charge is -2.54. The van der Waals surface area contributed by atoms with Gasteiger partial charge in [0.05, 0.1) is 0 Å². The predicted molar refractivity (Wildman–Crippen MR) is 172 cm³/mol. The molecule has 2 heterocycles. The lowest BCUT2D eigenvalue weighted by Crippen LogP contribution is -2.56. The fraction of sp³-hybridized carbons (Fsp3) is 0.455. The SMILES string of the molecule is CNC(=O)C(=O)CC[C@H](NC(=O)c1cc2c(Br)cccc2o1)C(=O)Nc1cccn(CC(=O)NC2C3CC4CC(C3)CC2C4)c1=O. The van der Waals surface area contributed by atoms with Gasteiger partial charge in [-0.1, -0.05) is 22.0 Å². The molecule has 242 valence electrons. The van der Waals surface area contributed by atoms with Crippen molar-refractivity contribution in [2.45, 2.75) is 63.6 Å². The van der Waals surface area contributed by atoms with Crippen molar-refractivity contribution in [2.24, 2.45) is 23.7 Å².